The van der Waals surface area contributed by atoms with E-state index in [9.17, 15) is 9.59 Å². The zero-order valence-corrected chi connectivity index (χ0v) is 12.7. The molecule has 0 aliphatic heterocycles. The highest BCUT2D eigenvalue weighted by atomic mass is 16.5. The summed E-state index contributed by atoms with van der Waals surface area (Å²) in [4.78, 5) is 28.3. The number of para-hydroxylation sites is 1. The smallest absolute Gasteiger partial charge is 0.282 e. The molecule has 23 heavy (non-hydrogen) atoms. The van der Waals surface area contributed by atoms with Gasteiger partial charge in [0.05, 0.1) is 18.0 Å². The molecule has 2 aromatic carbocycles. The number of anilines is 1. The van der Waals surface area contributed by atoms with Gasteiger partial charge in [-0.15, -0.1) is 0 Å². The zero-order chi connectivity index (χ0) is 16.4. The second-order valence-corrected chi connectivity index (χ2v) is 5.00. The summed E-state index contributed by atoms with van der Waals surface area (Å²) in [5.74, 6) is 0.526. The fraction of sp³-hybridized carbons (Fsp3) is 0.118. The SMILES string of the molecule is COc1ccc(C(=O)Nc2nc(=O)c3ccccc3n2C)cc1. The molecule has 0 aliphatic carbocycles. The number of aromatic nitrogens is 2. The number of benzene rings is 2. The van der Waals surface area contributed by atoms with E-state index in [1.54, 1.807) is 61.2 Å². The average molecular weight is 309 g/mol. The van der Waals surface area contributed by atoms with Crippen LogP contribution in [0.25, 0.3) is 10.9 Å². The molecule has 0 saturated carbocycles. The molecule has 3 aromatic rings. The highest BCUT2D eigenvalue weighted by molar-refractivity contribution is 6.03. The summed E-state index contributed by atoms with van der Waals surface area (Å²) in [6.45, 7) is 0. The van der Waals surface area contributed by atoms with Crippen LogP contribution < -0.4 is 15.6 Å². The molecule has 0 atom stereocenters. The molecular weight excluding hydrogens is 294 g/mol. The minimum Gasteiger partial charge on any atom is -0.497 e. The molecule has 0 aliphatic rings. The van der Waals surface area contributed by atoms with Gasteiger partial charge in [-0.25, -0.2) is 0 Å². The summed E-state index contributed by atoms with van der Waals surface area (Å²) in [6, 6.07) is 13.8. The summed E-state index contributed by atoms with van der Waals surface area (Å²) in [6.07, 6.45) is 0. The number of carbonyl (C=O) groups is 1. The van der Waals surface area contributed by atoms with Crippen LogP contribution in [0.5, 0.6) is 5.75 Å². The maximum atomic E-state index is 12.3. The second kappa shape index (κ2) is 5.92. The Morgan fingerprint density at radius 3 is 2.52 bits per heavy atom. The Morgan fingerprint density at radius 2 is 1.83 bits per heavy atom. The van der Waals surface area contributed by atoms with Crippen molar-refractivity contribution in [3.8, 4) is 5.75 Å². The largest absolute Gasteiger partial charge is 0.497 e. The molecule has 0 spiro atoms. The van der Waals surface area contributed by atoms with Gasteiger partial charge in [0.15, 0.2) is 0 Å². The second-order valence-electron chi connectivity index (χ2n) is 5.00. The fourth-order valence-electron chi connectivity index (χ4n) is 2.32. The van der Waals surface area contributed by atoms with Gasteiger partial charge in [-0.1, -0.05) is 12.1 Å². The Labute approximate surface area is 132 Å². The molecule has 0 unspecified atom stereocenters. The monoisotopic (exact) mass is 309 g/mol. The van der Waals surface area contributed by atoms with E-state index in [1.807, 2.05) is 6.07 Å². The van der Waals surface area contributed by atoms with E-state index in [0.29, 0.717) is 22.2 Å². The van der Waals surface area contributed by atoms with Gasteiger partial charge >= 0.3 is 0 Å². The maximum absolute atomic E-state index is 12.3. The van der Waals surface area contributed by atoms with Gasteiger partial charge in [0.25, 0.3) is 11.5 Å². The Hall–Kier alpha value is -3.15. The standard InChI is InChI=1S/C17H15N3O3/c1-20-14-6-4-3-5-13(14)16(22)19-17(20)18-15(21)11-7-9-12(23-2)10-8-11/h3-10H,1-2H3,(H,18,19,21,22). The van der Waals surface area contributed by atoms with Crippen LogP contribution in [0.1, 0.15) is 10.4 Å². The lowest BCUT2D eigenvalue weighted by molar-refractivity contribution is 0.102. The van der Waals surface area contributed by atoms with E-state index < -0.39 is 0 Å². The van der Waals surface area contributed by atoms with Crippen molar-refractivity contribution >= 4 is 22.8 Å². The predicted octanol–water partition coefficient (Wildman–Crippen LogP) is 2.19. The number of carbonyl (C=O) groups excluding carboxylic acids is 1. The van der Waals surface area contributed by atoms with Crippen LogP contribution in [-0.2, 0) is 7.05 Å². The molecule has 1 heterocycles. The van der Waals surface area contributed by atoms with Crippen molar-refractivity contribution in [3.05, 3.63) is 64.4 Å². The maximum Gasteiger partial charge on any atom is 0.282 e. The molecule has 3 rings (SSSR count). The van der Waals surface area contributed by atoms with Crippen LogP contribution >= 0.6 is 0 Å². The van der Waals surface area contributed by atoms with Crippen molar-refractivity contribution in [1.29, 1.82) is 0 Å². The van der Waals surface area contributed by atoms with Gasteiger partial charge in [-0.05, 0) is 36.4 Å². The lowest BCUT2D eigenvalue weighted by Gasteiger charge is -2.12. The normalized spacial score (nSPS) is 10.5. The lowest BCUT2D eigenvalue weighted by Crippen LogP contribution is -2.21. The predicted molar refractivity (Wildman–Crippen MR) is 87.9 cm³/mol. The minimum absolute atomic E-state index is 0.203. The minimum atomic E-state index is -0.372. The van der Waals surface area contributed by atoms with Crippen LogP contribution in [-0.4, -0.2) is 22.6 Å². The van der Waals surface area contributed by atoms with E-state index in [2.05, 4.69) is 10.3 Å². The number of methoxy groups -OCH3 is 1. The molecule has 1 aromatic heterocycles. The summed E-state index contributed by atoms with van der Waals surface area (Å²) < 4.78 is 6.74. The van der Waals surface area contributed by atoms with E-state index >= 15 is 0 Å². The Kier molecular flexibility index (Phi) is 3.80. The van der Waals surface area contributed by atoms with Crippen molar-refractivity contribution in [2.45, 2.75) is 0 Å². The number of rotatable bonds is 3. The molecule has 0 bridgehead atoms. The first-order valence-electron chi connectivity index (χ1n) is 7.01. The molecule has 1 N–H and O–H groups in total. The van der Waals surface area contributed by atoms with Crippen LogP contribution in [0.3, 0.4) is 0 Å². The van der Waals surface area contributed by atoms with E-state index in [1.165, 1.54) is 0 Å². The van der Waals surface area contributed by atoms with E-state index in [4.69, 9.17) is 4.74 Å². The zero-order valence-electron chi connectivity index (χ0n) is 12.7. The molecule has 0 saturated heterocycles. The summed E-state index contributed by atoms with van der Waals surface area (Å²) in [5.41, 5.74) is 0.787. The number of aryl methyl sites for hydroxylation is 1. The first-order valence-corrected chi connectivity index (χ1v) is 7.01. The number of fused-ring (bicyclic) bond motifs is 1. The van der Waals surface area contributed by atoms with Crippen LogP contribution in [0.15, 0.2) is 53.3 Å². The first-order chi connectivity index (χ1) is 11.1. The number of nitrogens with one attached hydrogen (secondary N) is 1. The third-order valence-electron chi connectivity index (χ3n) is 3.60. The molecule has 6 nitrogen and oxygen atoms in total. The summed E-state index contributed by atoms with van der Waals surface area (Å²) >= 11 is 0. The highest BCUT2D eigenvalue weighted by Crippen LogP contribution is 2.15. The van der Waals surface area contributed by atoms with Crippen molar-refractivity contribution < 1.29 is 9.53 Å². The van der Waals surface area contributed by atoms with Crippen LogP contribution in [0.2, 0.25) is 0 Å². The summed E-state index contributed by atoms with van der Waals surface area (Å²) in [7, 11) is 3.31. The van der Waals surface area contributed by atoms with Gasteiger partial charge < -0.3 is 9.30 Å². The van der Waals surface area contributed by atoms with Gasteiger partial charge in [-0.2, -0.15) is 4.98 Å². The lowest BCUT2D eigenvalue weighted by atomic mass is 10.2. The number of amides is 1. The molecule has 116 valence electrons. The fourth-order valence-corrected chi connectivity index (χ4v) is 2.32. The van der Waals surface area contributed by atoms with Gasteiger partial charge in [0.2, 0.25) is 5.95 Å². The Morgan fingerprint density at radius 1 is 1.13 bits per heavy atom. The Bertz CT molecular complexity index is 930. The topological polar surface area (TPSA) is 73.2 Å². The number of nitrogens with zero attached hydrogens (tertiary/aromatic N) is 2. The number of ether oxygens (including phenoxy) is 1. The van der Waals surface area contributed by atoms with Crippen LogP contribution in [0, 0.1) is 0 Å². The third-order valence-corrected chi connectivity index (χ3v) is 3.60. The molecule has 0 fully saturated rings. The van der Waals surface area contributed by atoms with Gasteiger partial charge in [-0.3, -0.25) is 14.9 Å². The van der Waals surface area contributed by atoms with E-state index in [0.717, 1.165) is 0 Å². The van der Waals surface area contributed by atoms with Crippen molar-refractivity contribution in [2.75, 3.05) is 12.4 Å². The average Bonchev–Trinajstić information content (AvgIpc) is 2.59. The van der Waals surface area contributed by atoms with Crippen molar-refractivity contribution in [3.63, 3.8) is 0 Å². The quantitative estimate of drug-likeness (QED) is 0.805. The number of hydrogen-bond acceptors (Lipinski definition) is 4. The molecule has 0 radical (unpaired) electrons. The molecule has 6 heteroatoms. The number of hydrogen-bond donors (Lipinski definition) is 1. The van der Waals surface area contributed by atoms with E-state index in [-0.39, 0.29) is 17.4 Å². The third kappa shape index (κ3) is 2.78. The molecular formula is C17H15N3O3. The highest BCUT2D eigenvalue weighted by Gasteiger charge is 2.12. The Balaban J connectivity index is 1.96. The molecule has 1 amide bonds. The summed E-state index contributed by atoms with van der Waals surface area (Å²) in [5, 5.41) is 3.18. The van der Waals surface area contributed by atoms with Crippen molar-refractivity contribution in [1.82, 2.24) is 9.55 Å². The van der Waals surface area contributed by atoms with Crippen molar-refractivity contribution in [2.24, 2.45) is 7.05 Å². The van der Waals surface area contributed by atoms with Gasteiger partial charge in [0, 0.05) is 12.6 Å². The van der Waals surface area contributed by atoms with Gasteiger partial charge in [0.1, 0.15) is 5.75 Å². The van der Waals surface area contributed by atoms with Crippen LogP contribution in [0.4, 0.5) is 5.95 Å². The first kappa shape index (κ1) is 14.8.